The molecule has 0 heterocycles. The second kappa shape index (κ2) is 13.5. The average molecular weight is 580 g/mol. The second-order valence-electron chi connectivity index (χ2n) is 11.5. The Balaban J connectivity index is 2.47. The van der Waals surface area contributed by atoms with Crippen molar-refractivity contribution in [3.8, 4) is 0 Å². The van der Waals surface area contributed by atoms with Gasteiger partial charge in [0, 0.05) is 0 Å². The van der Waals surface area contributed by atoms with Gasteiger partial charge in [-0.05, 0) is 0 Å². The van der Waals surface area contributed by atoms with Crippen LogP contribution in [0.4, 0.5) is 0 Å². The maximum absolute atomic E-state index is 6.96. The van der Waals surface area contributed by atoms with E-state index < -0.39 is 11.8 Å². The molecule has 0 fully saturated rings. The van der Waals surface area contributed by atoms with Crippen LogP contribution in [0.2, 0.25) is 0 Å². The van der Waals surface area contributed by atoms with E-state index in [-0.39, 0.29) is 12.1 Å². The van der Waals surface area contributed by atoms with Gasteiger partial charge in [-0.2, -0.15) is 0 Å². The van der Waals surface area contributed by atoms with Gasteiger partial charge in [-0.25, -0.2) is 0 Å². The van der Waals surface area contributed by atoms with Crippen molar-refractivity contribution >= 4 is 20.4 Å². The van der Waals surface area contributed by atoms with Crippen molar-refractivity contribution in [3.63, 3.8) is 0 Å². The molecular formula is C30H48Cl2N3Ni. The number of benzene rings is 2. The first-order valence-corrected chi connectivity index (χ1v) is 16.3. The van der Waals surface area contributed by atoms with E-state index in [1.807, 2.05) is 0 Å². The van der Waals surface area contributed by atoms with Gasteiger partial charge in [-0.3, -0.25) is 0 Å². The van der Waals surface area contributed by atoms with Gasteiger partial charge < -0.3 is 0 Å². The van der Waals surface area contributed by atoms with Crippen LogP contribution in [0.3, 0.4) is 0 Å². The Morgan fingerprint density at radius 2 is 0.861 bits per heavy atom. The van der Waals surface area contributed by atoms with E-state index in [0.717, 1.165) is 0 Å². The van der Waals surface area contributed by atoms with Gasteiger partial charge in [0.2, 0.25) is 0 Å². The van der Waals surface area contributed by atoms with Gasteiger partial charge in [-0.15, -0.1) is 0 Å². The Hall–Kier alpha value is -0.606. The number of aryl methyl sites for hydroxylation is 2. The monoisotopic (exact) mass is 578 g/mol. The molecule has 4 N–H and O–H groups in total. The third-order valence-electron chi connectivity index (χ3n) is 6.92. The van der Waals surface area contributed by atoms with E-state index in [2.05, 4.69) is 97.5 Å². The Kier molecular flexibility index (Phi) is 11.8. The van der Waals surface area contributed by atoms with Crippen LogP contribution >= 0.6 is 20.4 Å². The molecule has 0 saturated heterocycles. The predicted octanol–water partition coefficient (Wildman–Crippen LogP) is 8.64. The normalized spacial score (nSPS) is 14.5. The summed E-state index contributed by atoms with van der Waals surface area (Å²) < 4.78 is 2.07. The number of hydrogen-bond acceptors (Lipinski definition) is 3. The fourth-order valence-electron chi connectivity index (χ4n) is 5.22. The summed E-state index contributed by atoms with van der Waals surface area (Å²) in [7, 11) is 13.2. The third kappa shape index (κ3) is 7.72. The summed E-state index contributed by atoms with van der Waals surface area (Å²) >= 11 is -1.15. The molecular weight excluding hydrogens is 532 g/mol. The molecule has 207 valence electrons. The first-order chi connectivity index (χ1) is 16.6. The SMILES string of the molecule is Cc1cc(C(C)C)c(C(N)C[N](CC(N)c2c(C(C)C)cc(C)cc2C(C)C)[Ni]([Cl])[Cl])c(C(C)C)c1. The molecule has 6 heteroatoms. The molecule has 0 bridgehead atoms. The first kappa shape index (κ1) is 31.6. The molecule has 2 rings (SSSR count). The maximum atomic E-state index is 6.96. The topological polar surface area (TPSA) is 55.3 Å². The number of nitrogens with two attached hydrogens (primary N) is 2. The molecule has 0 aliphatic rings. The Morgan fingerprint density at radius 1 is 0.611 bits per heavy atom. The fourth-order valence-corrected chi connectivity index (χ4v) is 6.60. The summed E-state index contributed by atoms with van der Waals surface area (Å²) in [6, 6.07) is 8.69. The van der Waals surface area contributed by atoms with Crippen LogP contribution in [0.5, 0.6) is 0 Å². The minimum atomic E-state index is -1.15. The molecule has 0 aliphatic carbocycles. The van der Waals surface area contributed by atoms with Crippen LogP contribution in [0.25, 0.3) is 0 Å². The molecule has 2 atom stereocenters. The quantitative estimate of drug-likeness (QED) is 0.262. The molecule has 0 aromatic heterocycles. The zero-order valence-electron chi connectivity index (χ0n) is 23.9. The summed E-state index contributed by atoms with van der Waals surface area (Å²) in [5.41, 5.74) is 24.2. The molecule has 0 radical (unpaired) electrons. The van der Waals surface area contributed by atoms with Crippen LogP contribution in [-0.2, 0) is 11.8 Å². The van der Waals surface area contributed by atoms with Crippen molar-refractivity contribution < 1.29 is 11.8 Å². The van der Waals surface area contributed by atoms with Gasteiger partial charge in [0.15, 0.2) is 0 Å². The molecule has 3 nitrogen and oxygen atoms in total. The zero-order valence-corrected chi connectivity index (χ0v) is 26.4. The van der Waals surface area contributed by atoms with Crippen molar-refractivity contribution in [1.82, 2.24) is 3.98 Å². The Labute approximate surface area is 233 Å². The van der Waals surface area contributed by atoms with Crippen LogP contribution in [0.1, 0.15) is 136 Å². The van der Waals surface area contributed by atoms with Gasteiger partial charge in [0.05, 0.1) is 0 Å². The second-order valence-corrected chi connectivity index (χ2v) is 15.0. The molecule has 0 amide bonds. The van der Waals surface area contributed by atoms with Gasteiger partial charge >= 0.3 is 235 Å². The molecule has 2 unspecified atom stereocenters. The van der Waals surface area contributed by atoms with Crippen molar-refractivity contribution in [3.05, 3.63) is 68.8 Å². The van der Waals surface area contributed by atoms with E-state index >= 15 is 0 Å². The number of rotatable bonds is 11. The summed E-state index contributed by atoms with van der Waals surface area (Å²) in [5, 5.41) is 0. The van der Waals surface area contributed by atoms with E-state index in [1.165, 1.54) is 44.5 Å². The van der Waals surface area contributed by atoms with E-state index in [1.54, 1.807) is 0 Å². The zero-order chi connectivity index (χ0) is 27.5. The van der Waals surface area contributed by atoms with Crippen LogP contribution in [0, 0.1) is 13.8 Å². The van der Waals surface area contributed by atoms with Gasteiger partial charge in [0.1, 0.15) is 0 Å². The van der Waals surface area contributed by atoms with Crippen LogP contribution < -0.4 is 11.5 Å². The fraction of sp³-hybridized carbons (Fsp3) is 0.600. The summed E-state index contributed by atoms with van der Waals surface area (Å²) in [4.78, 5) is 0. The predicted molar refractivity (Wildman–Crippen MR) is 156 cm³/mol. The van der Waals surface area contributed by atoms with Crippen molar-refractivity contribution in [2.45, 2.75) is 105 Å². The van der Waals surface area contributed by atoms with Crippen molar-refractivity contribution in [2.24, 2.45) is 11.5 Å². The molecule has 2 aromatic carbocycles. The molecule has 0 aliphatic heterocycles. The number of hydrogen-bond donors (Lipinski definition) is 2. The summed E-state index contributed by atoms with van der Waals surface area (Å²) in [6.45, 7) is 23.3. The summed E-state index contributed by atoms with van der Waals surface area (Å²) in [6.07, 6.45) is 0. The number of nitrogens with zero attached hydrogens (tertiary/aromatic N) is 1. The standard InChI is InChI=1S/C30H48N3.2ClH.Ni/c1-17(2)23-11-21(9)12-24(18(3)4)29(23)27(31)15-33-16-28(32)30-25(19(5)6)13-22(10)14-26(30)20(7)8;;;/h11-14,17-20,27-28H,15-16,31-32H2,1-10H3;2*1H;/q-1;;;+3/p-2. The average Bonchev–Trinajstić information content (AvgIpc) is 2.76. The number of halogens is 2. The van der Waals surface area contributed by atoms with Gasteiger partial charge in [-0.1, -0.05) is 0 Å². The Morgan fingerprint density at radius 3 is 1.06 bits per heavy atom. The van der Waals surface area contributed by atoms with Crippen molar-refractivity contribution in [2.75, 3.05) is 13.1 Å². The van der Waals surface area contributed by atoms with Gasteiger partial charge in [0.25, 0.3) is 0 Å². The van der Waals surface area contributed by atoms with E-state index in [4.69, 9.17) is 31.9 Å². The molecule has 36 heavy (non-hydrogen) atoms. The van der Waals surface area contributed by atoms with E-state index in [9.17, 15) is 0 Å². The van der Waals surface area contributed by atoms with Crippen molar-refractivity contribution in [1.29, 1.82) is 0 Å². The minimum absolute atomic E-state index is 0.212. The molecule has 2 aromatic rings. The van der Waals surface area contributed by atoms with E-state index in [0.29, 0.717) is 36.8 Å². The summed E-state index contributed by atoms with van der Waals surface area (Å²) in [5.74, 6) is 1.50. The molecule has 0 saturated carbocycles. The van der Waals surface area contributed by atoms with Crippen LogP contribution in [-0.4, -0.2) is 17.1 Å². The third-order valence-corrected chi connectivity index (χ3v) is 9.00. The first-order valence-electron chi connectivity index (χ1n) is 13.2. The Bertz CT molecular complexity index is 882. The van der Waals surface area contributed by atoms with Crippen LogP contribution in [0.15, 0.2) is 24.3 Å². The molecule has 0 spiro atoms.